The van der Waals surface area contributed by atoms with Crippen LogP contribution in [0.3, 0.4) is 0 Å². The van der Waals surface area contributed by atoms with Gasteiger partial charge >= 0.3 is 42.6 Å². The number of hydrogen-bond donors (Lipinski definition) is 0. The fraction of sp³-hybridized carbons (Fsp3) is 0.364. The van der Waals surface area contributed by atoms with E-state index in [2.05, 4.69) is 41.5 Å². The molecule has 4 atom stereocenters. The number of rotatable bonds is 2. The number of allylic oxidation sites excluding steroid dienone is 3. The van der Waals surface area contributed by atoms with Crippen LogP contribution < -0.4 is 0 Å². The Morgan fingerprint density at radius 3 is 1.95 bits per heavy atom. The Balaban J connectivity index is 0.000000196. The van der Waals surface area contributed by atoms with Crippen molar-refractivity contribution in [1.29, 1.82) is 0 Å². The number of hydrogen-bond acceptors (Lipinski definition) is 2. The second-order valence-electron chi connectivity index (χ2n) is 10.9. The molecule has 0 N–H and O–H groups in total. The maximum absolute atomic E-state index is 13.0. The van der Waals surface area contributed by atoms with E-state index in [-0.39, 0.29) is 19.1 Å². The summed E-state index contributed by atoms with van der Waals surface area (Å²) in [6.45, 7) is 13.4. The summed E-state index contributed by atoms with van der Waals surface area (Å²) in [4.78, 5) is 4.28. The second-order valence-corrected chi connectivity index (χ2v) is 21.2. The van der Waals surface area contributed by atoms with Crippen molar-refractivity contribution in [1.82, 2.24) is 0 Å². The van der Waals surface area contributed by atoms with Gasteiger partial charge in [0.15, 0.2) is 0 Å². The molecule has 2 aliphatic carbocycles. The molecule has 1 saturated carbocycles. The Bertz CT molecular complexity index is 1410. The molecule has 0 saturated heterocycles. The summed E-state index contributed by atoms with van der Waals surface area (Å²) in [5, 5.41) is 0.672. The number of halogens is 5. The molecule has 1 aliphatic heterocycles. The summed E-state index contributed by atoms with van der Waals surface area (Å²) in [6.07, 6.45) is 2.32. The predicted molar refractivity (Wildman–Crippen MR) is 176 cm³/mol. The van der Waals surface area contributed by atoms with E-state index >= 15 is 0 Å². The van der Waals surface area contributed by atoms with Gasteiger partial charge in [-0.2, -0.15) is 0 Å². The Hall–Kier alpha value is -0.586. The van der Waals surface area contributed by atoms with Crippen LogP contribution in [0.1, 0.15) is 72.0 Å². The molecule has 3 aromatic rings. The predicted octanol–water partition coefficient (Wildman–Crippen LogP) is 12.4. The molecule has 6 rings (SSSR count). The molecular weight excluding hydrogens is 653 g/mol. The van der Waals surface area contributed by atoms with E-state index in [1.54, 1.807) is 29.8 Å². The average Bonchev–Trinajstić information content (AvgIpc) is 3.56. The maximum atomic E-state index is 13.0. The number of thiophene rings is 1. The first-order valence-electron chi connectivity index (χ1n) is 13.4. The van der Waals surface area contributed by atoms with Crippen LogP contribution in [0.15, 0.2) is 64.6 Å². The van der Waals surface area contributed by atoms with Crippen molar-refractivity contribution in [2.24, 2.45) is 11.8 Å². The monoisotopic (exact) mass is 688 g/mol. The molecular formula is C33H37Cl3F2S2Ti. The normalized spacial score (nSPS) is 22.3. The van der Waals surface area contributed by atoms with Gasteiger partial charge in [0.1, 0.15) is 11.6 Å². The summed E-state index contributed by atoms with van der Waals surface area (Å²) in [6, 6.07) is 14.0. The molecule has 4 unspecified atom stereocenters. The van der Waals surface area contributed by atoms with Crippen LogP contribution in [0.25, 0.3) is 5.57 Å². The zero-order valence-corrected chi connectivity index (χ0v) is 30.0. The molecule has 220 valence electrons. The Morgan fingerprint density at radius 1 is 0.854 bits per heavy atom. The zero-order valence-electron chi connectivity index (χ0n) is 24.5. The van der Waals surface area contributed by atoms with Gasteiger partial charge in [0, 0.05) is 15.0 Å². The van der Waals surface area contributed by atoms with Crippen molar-refractivity contribution < 1.29 is 23.5 Å². The first kappa shape index (κ1) is 34.9. The molecule has 0 bridgehead atoms. The van der Waals surface area contributed by atoms with Gasteiger partial charge in [0.2, 0.25) is 0 Å². The van der Waals surface area contributed by atoms with Crippen molar-refractivity contribution in [2.45, 2.75) is 65.6 Å². The van der Waals surface area contributed by atoms with Crippen molar-refractivity contribution in [3.8, 4) is 0 Å². The van der Waals surface area contributed by atoms with E-state index in [1.807, 2.05) is 47.4 Å². The molecule has 0 radical (unpaired) electrons. The second kappa shape index (κ2) is 14.9. The van der Waals surface area contributed by atoms with Gasteiger partial charge in [-0.05, 0) is 122 Å². The van der Waals surface area contributed by atoms with Gasteiger partial charge in [-0.15, -0.1) is 23.1 Å². The molecule has 0 amide bonds. The van der Waals surface area contributed by atoms with Crippen LogP contribution in [-0.2, 0) is 21.1 Å². The van der Waals surface area contributed by atoms with Crippen LogP contribution in [0, 0.1) is 44.7 Å². The third-order valence-electron chi connectivity index (χ3n) is 8.41. The van der Waals surface area contributed by atoms with E-state index in [0.29, 0.717) is 17.1 Å². The van der Waals surface area contributed by atoms with Crippen molar-refractivity contribution in [3.05, 3.63) is 116 Å². The number of fused-ring (bicyclic) bond motifs is 2. The summed E-state index contributed by atoms with van der Waals surface area (Å²) >= 11 is 1.99. The van der Waals surface area contributed by atoms with Crippen LogP contribution in [0.5, 0.6) is 0 Å². The van der Waals surface area contributed by atoms with Crippen molar-refractivity contribution in [3.63, 3.8) is 0 Å². The molecule has 1 aromatic heterocycles. The van der Waals surface area contributed by atoms with Crippen LogP contribution in [-0.4, -0.2) is 5.25 Å². The van der Waals surface area contributed by atoms with E-state index in [9.17, 15) is 8.78 Å². The molecule has 8 heteroatoms. The first-order valence-corrected chi connectivity index (χ1v) is 21.5. The standard InChI is InChI=1S/C16H19FS.C16H15FS.CH3.3ClH.Ti/c2*1-9-8-14-10(2)11(3)18-16(14)15(9)12-4-6-13(17)7-5-12;;;;;/h4-7,9,14-16H,8H2,1-3H3;4-7H,8H2,1-3H3;1H3;3*1H;/q;;-1;;;;+4/p-3. The van der Waals surface area contributed by atoms with E-state index in [1.165, 1.54) is 48.9 Å². The molecule has 0 spiro atoms. The Kier molecular flexibility index (Phi) is 12.7. The van der Waals surface area contributed by atoms with Gasteiger partial charge in [0.25, 0.3) is 0 Å². The van der Waals surface area contributed by atoms with E-state index in [0.717, 1.165) is 17.9 Å². The van der Waals surface area contributed by atoms with Crippen LogP contribution in [0.4, 0.5) is 8.78 Å². The molecule has 1 fully saturated rings. The van der Waals surface area contributed by atoms with Gasteiger partial charge in [-0.1, -0.05) is 42.3 Å². The number of thioether (sulfide) groups is 1. The van der Waals surface area contributed by atoms with Gasteiger partial charge in [0.05, 0.1) is 0 Å². The van der Waals surface area contributed by atoms with E-state index in [4.69, 9.17) is 27.9 Å². The van der Waals surface area contributed by atoms with Gasteiger partial charge < -0.3 is 7.43 Å². The summed E-state index contributed by atoms with van der Waals surface area (Å²) in [7, 11) is 14.9. The molecule has 2 heterocycles. The van der Waals surface area contributed by atoms with Gasteiger partial charge in [-0.3, -0.25) is 0 Å². The minimum absolute atomic E-state index is 0. The topological polar surface area (TPSA) is 0 Å². The van der Waals surface area contributed by atoms with Crippen molar-refractivity contribution >= 4 is 56.6 Å². The zero-order chi connectivity index (χ0) is 29.3. The molecule has 3 aliphatic rings. The Labute approximate surface area is 271 Å². The van der Waals surface area contributed by atoms with Gasteiger partial charge in [-0.25, -0.2) is 8.78 Å². The third kappa shape index (κ3) is 7.93. The number of benzene rings is 2. The fourth-order valence-electron chi connectivity index (χ4n) is 6.23. The van der Waals surface area contributed by atoms with Crippen LogP contribution >= 0.6 is 51.0 Å². The quantitative estimate of drug-likeness (QED) is 0.191. The SMILES string of the molecule is CC1=C(C)C2CC(C)C(c3ccc(F)cc3)C2S1.CC1=C(c2ccc(F)cc2)c2sc(C)c(C)c2C1.[CH3-].[Cl][Ti+]([Cl])[Cl]. The first-order chi connectivity index (χ1) is 18.9. The van der Waals surface area contributed by atoms with Crippen LogP contribution in [0.2, 0.25) is 0 Å². The molecule has 41 heavy (non-hydrogen) atoms. The molecule has 2 aromatic carbocycles. The van der Waals surface area contributed by atoms with E-state index < -0.39 is 14.7 Å². The average molecular weight is 690 g/mol. The van der Waals surface area contributed by atoms with Crippen molar-refractivity contribution in [2.75, 3.05) is 0 Å². The summed E-state index contributed by atoms with van der Waals surface area (Å²) in [5.74, 6) is 1.70. The number of aryl methyl sites for hydroxylation is 1. The minimum atomic E-state index is -1.92. The fourth-order valence-corrected chi connectivity index (χ4v) is 9.35. The summed E-state index contributed by atoms with van der Waals surface area (Å²) < 4.78 is 26.1. The molecule has 0 nitrogen and oxygen atoms in total. The summed E-state index contributed by atoms with van der Waals surface area (Å²) in [5.41, 5.74) is 9.62. The Morgan fingerprint density at radius 2 is 1.39 bits per heavy atom. The third-order valence-corrected chi connectivity index (χ3v) is 11.2.